The van der Waals surface area contributed by atoms with Crippen molar-refractivity contribution in [2.24, 2.45) is 5.11 Å². The smallest absolute Gasteiger partial charge is 0.387 e. The molecule has 1 rings (SSSR count). The van der Waals surface area contributed by atoms with E-state index in [9.17, 15) is 13.2 Å². The van der Waals surface area contributed by atoms with E-state index in [0.717, 1.165) is 18.2 Å². The van der Waals surface area contributed by atoms with Crippen LogP contribution in [0.15, 0.2) is 23.3 Å². The zero-order valence-electron chi connectivity index (χ0n) is 6.69. The topological polar surface area (TPSA) is 58.0 Å². The summed E-state index contributed by atoms with van der Waals surface area (Å²) in [5.41, 5.74) is 8.04. The van der Waals surface area contributed by atoms with Gasteiger partial charge in [-0.25, -0.2) is 4.39 Å². The minimum absolute atomic E-state index is 0.00421. The molecule has 0 N–H and O–H groups in total. The van der Waals surface area contributed by atoms with E-state index in [1.54, 1.807) is 0 Å². The average molecular weight is 203 g/mol. The SMILES string of the molecule is [N-]=[N+]=Nc1ccc(F)c(OC(F)F)c1. The molecule has 0 amide bonds. The fourth-order valence-corrected chi connectivity index (χ4v) is 0.792. The number of rotatable bonds is 3. The van der Waals surface area contributed by atoms with Crippen molar-refractivity contribution in [1.29, 1.82) is 0 Å². The first-order valence-electron chi connectivity index (χ1n) is 3.43. The van der Waals surface area contributed by atoms with E-state index >= 15 is 0 Å². The molecule has 0 saturated carbocycles. The van der Waals surface area contributed by atoms with Gasteiger partial charge in [0, 0.05) is 10.6 Å². The van der Waals surface area contributed by atoms with Crippen molar-refractivity contribution in [1.82, 2.24) is 0 Å². The highest BCUT2D eigenvalue weighted by Gasteiger charge is 2.09. The number of azide groups is 1. The fourth-order valence-electron chi connectivity index (χ4n) is 0.792. The number of alkyl halides is 2. The lowest BCUT2D eigenvalue weighted by Crippen LogP contribution is -2.03. The summed E-state index contributed by atoms with van der Waals surface area (Å²) in [6.45, 7) is -3.12. The molecule has 4 nitrogen and oxygen atoms in total. The van der Waals surface area contributed by atoms with Crippen molar-refractivity contribution < 1.29 is 17.9 Å². The van der Waals surface area contributed by atoms with Gasteiger partial charge < -0.3 is 4.74 Å². The van der Waals surface area contributed by atoms with Crippen molar-refractivity contribution in [3.63, 3.8) is 0 Å². The van der Waals surface area contributed by atoms with Gasteiger partial charge in [-0.15, -0.1) is 0 Å². The third kappa shape index (κ3) is 2.56. The van der Waals surface area contributed by atoms with Crippen LogP contribution in [0.5, 0.6) is 5.75 Å². The third-order valence-corrected chi connectivity index (χ3v) is 1.29. The van der Waals surface area contributed by atoms with Crippen LogP contribution < -0.4 is 4.74 Å². The second-order valence-corrected chi connectivity index (χ2v) is 2.18. The molecule has 0 radical (unpaired) electrons. The van der Waals surface area contributed by atoms with Gasteiger partial charge in [-0.1, -0.05) is 5.11 Å². The maximum absolute atomic E-state index is 12.8. The zero-order chi connectivity index (χ0) is 10.6. The molecule has 0 atom stereocenters. The molecule has 14 heavy (non-hydrogen) atoms. The molecule has 1 aromatic rings. The van der Waals surface area contributed by atoms with E-state index in [4.69, 9.17) is 5.53 Å². The molecule has 7 heteroatoms. The summed E-state index contributed by atoms with van der Waals surface area (Å²) in [7, 11) is 0. The molecule has 0 spiro atoms. The Kier molecular flexibility index (Phi) is 3.19. The minimum atomic E-state index is -3.12. The van der Waals surface area contributed by atoms with Crippen LogP contribution in [0, 0.1) is 5.82 Å². The summed E-state index contributed by atoms with van der Waals surface area (Å²) in [5, 5.41) is 3.10. The van der Waals surface area contributed by atoms with Crippen LogP contribution in [0.25, 0.3) is 10.4 Å². The molecule has 0 bridgehead atoms. The predicted octanol–water partition coefficient (Wildman–Crippen LogP) is 3.37. The van der Waals surface area contributed by atoms with Gasteiger partial charge in [0.2, 0.25) is 0 Å². The third-order valence-electron chi connectivity index (χ3n) is 1.29. The molecule has 0 aliphatic heterocycles. The summed E-state index contributed by atoms with van der Waals surface area (Å²) in [5.74, 6) is -1.59. The second kappa shape index (κ2) is 4.38. The molecule has 0 saturated heterocycles. The highest BCUT2D eigenvalue weighted by molar-refractivity contribution is 5.43. The normalized spacial score (nSPS) is 9.71. The van der Waals surface area contributed by atoms with Crippen molar-refractivity contribution in [2.75, 3.05) is 0 Å². The fraction of sp³-hybridized carbons (Fsp3) is 0.143. The summed E-state index contributed by atoms with van der Waals surface area (Å²) in [6, 6.07) is 2.91. The Morgan fingerprint density at radius 1 is 1.43 bits per heavy atom. The van der Waals surface area contributed by atoms with Crippen molar-refractivity contribution in [3.05, 3.63) is 34.5 Å². The summed E-state index contributed by atoms with van der Waals surface area (Å²) >= 11 is 0. The molecule has 0 unspecified atom stereocenters. The van der Waals surface area contributed by atoms with Gasteiger partial charge in [-0.3, -0.25) is 0 Å². The largest absolute Gasteiger partial charge is 0.432 e. The number of hydrogen-bond donors (Lipinski definition) is 0. The van der Waals surface area contributed by atoms with Crippen LogP contribution in [-0.2, 0) is 0 Å². The van der Waals surface area contributed by atoms with Crippen LogP contribution in [0.1, 0.15) is 0 Å². The standard InChI is InChI=1S/C7H4F3N3O/c8-5-2-1-4(12-13-11)3-6(5)14-7(9)10/h1-3,7H. The molecule has 0 aliphatic carbocycles. The number of ether oxygens (including phenoxy) is 1. The lowest BCUT2D eigenvalue weighted by atomic mass is 10.3. The monoisotopic (exact) mass is 203 g/mol. The van der Waals surface area contributed by atoms with Crippen LogP contribution in [0.4, 0.5) is 18.9 Å². The Morgan fingerprint density at radius 2 is 2.14 bits per heavy atom. The molecule has 1 aromatic carbocycles. The van der Waals surface area contributed by atoms with Crippen LogP contribution in [0.2, 0.25) is 0 Å². The lowest BCUT2D eigenvalue weighted by Gasteiger charge is -2.05. The van der Waals surface area contributed by atoms with Crippen molar-refractivity contribution in [2.45, 2.75) is 6.61 Å². The van der Waals surface area contributed by atoms with Gasteiger partial charge in [0.1, 0.15) is 0 Å². The van der Waals surface area contributed by atoms with Gasteiger partial charge in [0.25, 0.3) is 0 Å². The first kappa shape index (κ1) is 10.2. The molecular weight excluding hydrogens is 199 g/mol. The first-order valence-corrected chi connectivity index (χ1v) is 3.43. The van der Waals surface area contributed by atoms with E-state index in [2.05, 4.69) is 14.8 Å². The van der Waals surface area contributed by atoms with Gasteiger partial charge >= 0.3 is 6.61 Å². The van der Waals surface area contributed by atoms with Gasteiger partial charge in [0.15, 0.2) is 11.6 Å². The Bertz CT molecular complexity index is 376. The summed E-state index contributed by atoms with van der Waals surface area (Å²) in [4.78, 5) is 2.42. The summed E-state index contributed by atoms with van der Waals surface area (Å²) in [6.07, 6.45) is 0. The van der Waals surface area contributed by atoms with E-state index in [-0.39, 0.29) is 5.69 Å². The summed E-state index contributed by atoms with van der Waals surface area (Å²) < 4.78 is 40.1. The van der Waals surface area contributed by atoms with Crippen LogP contribution >= 0.6 is 0 Å². The molecule has 74 valence electrons. The second-order valence-electron chi connectivity index (χ2n) is 2.18. The quantitative estimate of drug-likeness (QED) is 0.422. The van der Waals surface area contributed by atoms with Crippen LogP contribution in [-0.4, -0.2) is 6.61 Å². The van der Waals surface area contributed by atoms with Gasteiger partial charge in [0.05, 0.1) is 0 Å². The molecule has 0 fully saturated rings. The highest BCUT2D eigenvalue weighted by Crippen LogP contribution is 2.25. The maximum atomic E-state index is 12.8. The Labute approximate surface area is 76.5 Å². The van der Waals surface area contributed by atoms with Crippen LogP contribution in [0.3, 0.4) is 0 Å². The van der Waals surface area contributed by atoms with E-state index in [0.29, 0.717) is 0 Å². The van der Waals surface area contributed by atoms with E-state index in [1.807, 2.05) is 0 Å². The lowest BCUT2D eigenvalue weighted by molar-refractivity contribution is -0.0521. The highest BCUT2D eigenvalue weighted by atomic mass is 19.3. The number of halogens is 3. The number of hydrogen-bond acceptors (Lipinski definition) is 2. The minimum Gasteiger partial charge on any atom is -0.432 e. The number of benzene rings is 1. The molecule has 0 aliphatic rings. The van der Waals surface area contributed by atoms with Gasteiger partial charge in [-0.05, 0) is 23.7 Å². The Hall–Kier alpha value is -1.88. The molecule has 0 aromatic heterocycles. The Morgan fingerprint density at radius 3 is 2.71 bits per heavy atom. The van der Waals surface area contributed by atoms with E-state index in [1.165, 1.54) is 0 Å². The van der Waals surface area contributed by atoms with Crippen molar-refractivity contribution in [3.8, 4) is 5.75 Å². The van der Waals surface area contributed by atoms with Gasteiger partial charge in [-0.2, -0.15) is 8.78 Å². The van der Waals surface area contributed by atoms with Crippen molar-refractivity contribution >= 4 is 5.69 Å². The Balaban J connectivity index is 3.01. The predicted molar refractivity (Wildman–Crippen MR) is 41.8 cm³/mol. The average Bonchev–Trinajstić information content (AvgIpc) is 2.10. The molecular formula is C7H4F3N3O. The van der Waals surface area contributed by atoms with E-state index < -0.39 is 18.2 Å². The zero-order valence-corrected chi connectivity index (χ0v) is 6.69. The maximum Gasteiger partial charge on any atom is 0.387 e. The number of nitrogens with zero attached hydrogens (tertiary/aromatic N) is 3. The molecule has 0 heterocycles. The first-order chi connectivity index (χ1) is 6.63.